The molecule has 10 heteroatoms. The number of aromatic nitrogens is 1. The van der Waals surface area contributed by atoms with Crippen molar-refractivity contribution in [3.63, 3.8) is 0 Å². The van der Waals surface area contributed by atoms with E-state index in [0.29, 0.717) is 11.3 Å². The van der Waals surface area contributed by atoms with Crippen molar-refractivity contribution >= 4 is 33.4 Å². The fourth-order valence-corrected chi connectivity index (χ4v) is 4.66. The molecular formula is C22H25ClN4O4S. The zero-order valence-corrected chi connectivity index (χ0v) is 19.2. The van der Waals surface area contributed by atoms with Crippen LogP contribution in [0.1, 0.15) is 39.3 Å². The van der Waals surface area contributed by atoms with Gasteiger partial charge >= 0.3 is 0 Å². The lowest BCUT2D eigenvalue weighted by atomic mass is 10.0. The summed E-state index contributed by atoms with van der Waals surface area (Å²) in [5.41, 5.74) is 0.766. The topological polar surface area (TPSA) is 108 Å². The number of hydrogen-bond donors (Lipinski definition) is 2. The van der Waals surface area contributed by atoms with Crippen LogP contribution >= 0.6 is 11.6 Å². The van der Waals surface area contributed by atoms with Gasteiger partial charge in [-0.3, -0.25) is 14.5 Å². The van der Waals surface area contributed by atoms with Gasteiger partial charge in [0.2, 0.25) is 0 Å². The summed E-state index contributed by atoms with van der Waals surface area (Å²) < 4.78 is 27.2. The molecule has 0 unspecified atom stereocenters. The normalized spacial score (nSPS) is 15.2. The van der Waals surface area contributed by atoms with E-state index in [2.05, 4.69) is 21.8 Å². The lowest BCUT2D eigenvalue weighted by Gasteiger charge is -2.31. The number of carbonyl (C=O) groups excluding carboxylic acids is 2. The zero-order chi connectivity index (χ0) is 23.3. The van der Waals surface area contributed by atoms with E-state index in [4.69, 9.17) is 11.6 Å². The van der Waals surface area contributed by atoms with Crippen LogP contribution in [0, 0.1) is 6.92 Å². The van der Waals surface area contributed by atoms with Gasteiger partial charge in [0.25, 0.3) is 21.8 Å². The zero-order valence-electron chi connectivity index (χ0n) is 17.7. The van der Waals surface area contributed by atoms with Crippen LogP contribution in [0.2, 0.25) is 5.15 Å². The monoisotopic (exact) mass is 476 g/mol. The molecule has 1 saturated heterocycles. The fraction of sp³-hybridized carbons (Fsp3) is 0.318. The molecule has 0 saturated carbocycles. The molecular weight excluding hydrogens is 452 g/mol. The standard InChI is InChI=1S/C22H25ClN4O4S/c1-3-12-27-13-10-17(11-14-27)25-21(28)16-4-6-18(7-5-16)32(30,31)26-22(29)19-8-9-20(23)24-15(19)2/h3-9,17H,1,10-14H2,2H3,(H,25,28)(H,26,29). The highest BCUT2D eigenvalue weighted by molar-refractivity contribution is 7.90. The quantitative estimate of drug-likeness (QED) is 0.469. The lowest BCUT2D eigenvalue weighted by molar-refractivity contribution is 0.0912. The third kappa shape index (κ3) is 5.93. The Kier molecular flexibility index (Phi) is 7.65. The second-order valence-electron chi connectivity index (χ2n) is 7.56. The van der Waals surface area contributed by atoms with E-state index in [1.165, 1.54) is 36.4 Å². The molecule has 1 fully saturated rings. The van der Waals surface area contributed by atoms with Crippen LogP contribution in [-0.2, 0) is 10.0 Å². The van der Waals surface area contributed by atoms with Gasteiger partial charge in [0.15, 0.2) is 0 Å². The summed E-state index contributed by atoms with van der Waals surface area (Å²) in [7, 11) is -4.12. The number of nitrogens with zero attached hydrogens (tertiary/aromatic N) is 2. The van der Waals surface area contributed by atoms with E-state index in [0.717, 1.165) is 32.5 Å². The second kappa shape index (κ2) is 10.2. The minimum atomic E-state index is -4.12. The first-order valence-corrected chi connectivity index (χ1v) is 12.0. The minimum absolute atomic E-state index is 0.0717. The maximum atomic E-state index is 12.6. The van der Waals surface area contributed by atoms with E-state index in [-0.39, 0.29) is 27.6 Å². The average molecular weight is 477 g/mol. The summed E-state index contributed by atoms with van der Waals surface area (Å²) in [5.74, 6) is -1.07. The molecule has 0 spiro atoms. The molecule has 1 aromatic heterocycles. The number of hydrogen-bond acceptors (Lipinski definition) is 6. The Labute approximate surface area is 192 Å². The largest absolute Gasteiger partial charge is 0.349 e. The molecule has 2 aromatic rings. The lowest BCUT2D eigenvalue weighted by Crippen LogP contribution is -2.44. The van der Waals surface area contributed by atoms with Crippen LogP contribution in [0.15, 0.2) is 53.9 Å². The summed E-state index contributed by atoms with van der Waals surface area (Å²) in [5, 5.41) is 3.20. The Balaban J connectivity index is 1.62. The van der Waals surface area contributed by atoms with E-state index in [1.807, 2.05) is 10.8 Å². The van der Waals surface area contributed by atoms with E-state index in [9.17, 15) is 18.0 Å². The fourth-order valence-electron chi connectivity index (χ4n) is 3.50. The average Bonchev–Trinajstić information content (AvgIpc) is 2.75. The van der Waals surface area contributed by atoms with Crippen molar-refractivity contribution in [2.45, 2.75) is 30.7 Å². The van der Waals surface area contributed by atoms with Gasteiger partial charge < -0.3 is 5.32 Å². The summed E-state index contributed by atoms with van der Waals surface area (Å²) in [6, 6.07) is 8.33. The number of rotatable bonds is 7. The Bertz CT molecular complexity index is 1110. The van der Waals surface area contributed by atoms with Crippen LogP contribution in [-0.4, -0.2) is 55.8 Å². The van der Waals surface area contributed by atoms with Crippen molar-refractivity contribution in [2.24, 2.45) is 0 Å². The first-order valence-electron chi connectivity index (χ1n) is 10.1. The minimum Gasteiger partial charge on any atom is -0.349 e. The van der Waals surface area contributed by atoms with Gasteiger partial charge in [-0.2, -0.15) is 0 Å². The Morgan fingerprint density at radius 1 is 1.16 bits per heavy atom. The number of sulfonamides is 1. The highest BCUT2D eigenvalue weighted by Crippen LogP contribution is 2.15. The molecule has 32 heavy (non-hydrogen) atoms. The predicted molar refractivity (Wildman–Crippen MR) is 122 cm³/mol. The number of piperidine rings is 1. The molecule has 2 N–H and O–H groups in total. The van der Waals surface area contributed by atoms with Crippen molar-refractivity contribution < 1.29 is 18.0 Å². The first-order chi connectivity index (χ1) is 15.2. The van der Waals surface area contributed by atoms with Crippen LogP contribution in [0.25, 0.3) is 0 Å². The molecule has 2 heterocycles. The van der Waals surface area contributed by atoms with Gasteiger partial charge in [0, 0.05) is 31.2 Å². The Morgan fingerprint density at radius 3 is 2.41 bits per heavy atom. The van der Waals surface area contributed by atoms with Gasteiger partial charge in [-0.1, -0.05) is 17.7 Å². The highest BCUT2D eigenvalue weighted by Gasteiger charge is 2.23. The number of amides is 2. The molecule has 0 aliphatic carbocycles. The summed E-state index contributed by atoms with van der Waals surface area (Å²) in [4.78, 5) is 31.0. The molecule has 0 atom stereocenters. The van der Waals surface area contributed by atoms with Gasteiger partial charge in [-0.25, -0.2) is 18.1 Å². The number of likely N-dealkylation sites (tertiary alicyclic amines) is 1. The molecule has 2 amide bonds. The van der Waals surface area contributed by atoms with E-state index < -0.39 is 15.9 Å². The molecule has 8 nitrogen and oxygen atoms in total. The van der Waals surface area contributed by atoms with E-state index in [1.54, 1.807) is 6.92 Å². The van der Waals surface area contributed by atoms with Crippen molar-refractivity contribution in [1.29, 1.82) is 0 Å². The molecule has 1 aliphatic heterocycles. The van der Waals surface area contributed by atoms with Gasteiger partial charge in [0.1, 0.15) is 5.15 Å². The maximum absolute atomic E-state index is 12.6. The van der Waals surface area contributed by atoms with Gasteiger partial charge in [0.05, 0.1) is 16.2 Å². The van der Waals surface area contributed by atoms with Gasteiger partial charge in [-0.05, 0) is 56.2 Å². The van der Waals surface area contributed by atoms with Crippen molar-refractivity contribution in [3.8, 4) is 0 Å². The van der Waals surface area contributed by atoms with Crippen molar-refractivity contribution in [1.82, 2.24) is 19.9 Å². The number of halogens is 1. The van der Waals surface area contributed by atoms with Gasteiger partial charge in [-0.15, -0.1) is 6.58 Å². The predicted octanol–water partition coefficient (Wildman–Crippen LogP) is 2.54. The van der Waals surface area contributed by atoms with Crippen molar-refractivity contribution in [3.05, 3.63) is 71.0 Å². The van der Waals surface area contributed by atoms with Crippen LogP contribution < -0.4 is 10.0 Å². The number of pyridine rings is 1. The molecule has 1 aromatic carbocycles. The molecule has 1 aliphatic rings. The molecule has 0 radical (unpaired) electrons. The third-order valence-electron chi connectivity index (χ3n) is 5.26. The Hall–Kier alpha value is -2.75. The number of benzene rings is 1. The number of nitrogens with one attached hydrogen (secondary N) is 2. The van der Waals surface area contributed by atoms with E-state index >= 15 is 0 Å². The Morgan fingerprint density at radius 2 is 1.81 bits per heavy atom. The third-order valence-corrected chi connectivity index (χ3v) is 6.82. The van der Waals surface area contributed by atoms with Crippen LogP contribution in [0.5, 0.6) is 0 Å². The number of aryl methyl sites for hydroxylation is 1. The van der Waals surface area contributed by atoms with Crippen molar-refractivity contribution in [2.75, 3.05) is 19.6 Å². The van der Waals surface area contributed by atoms with Crippen LogP contribution in [0.4, 0.5) is 0 Å². The summed E-state index contributed by atoms with van der Waals surface area (Å²) >= 11 is 5.77. The second-order valence-corrected chi connectivity index (χ2v) is 9.63. The summed E-state index contributed by atoms with van der Waals surface area (Å²) in [6.45, 7) is 7.90. The number of carbonyl (C=O) groups is 2. The molecule has 0 bridgehead atoms. The molecule has 170 valence electrons. The highest BCUT2D eigenvalue weighted by atomic mass is 35.5. The van der Waals surface area contributed by atoms with Crippen LogP contribution in [0.3, 0.4) is 0 Å². The first kappa shape index (κ1) is 23.9. The molecule has 3 rings (SSSR count). The smallest absolute Gasteiger partial charge is 0.266 e. The maximum Gasteiger partial charge on any atom is 0.266 e. The summed E-state index contributed by atoms with van der Waals surface area (Å²) in [6.07, 6.45) is 3.55. The SMILES string of the molecule is C=CCN1CCC(NC(=O)c2ccc(S(=O)(=O)NC(=O)c3ccc(Cl)nc3C)cc2)CC1.